The molecule has 124 valence electrons. The van der Waals surface area contributed by atoms with Crippen LogP contribution in [0.15, 0.2) is 18.2 Å². The van der Waals surface area contributed by atoms with Crippen LogP contribution >= 0.6 is 12.6 Å². The second kappa shape index (κ2) is 11.6. The van der Waals surface area contributed by atoms with Crippen LogP contribution in [0.2, 0.25) is 0 Å². The third-order valence-electron chi connectivity index (χ3n) is 4.09. The molecule has 0 saturated heterocycles. The zero-order chi connectivity index (χ0) is 16.2. The van der Waals surface area contributed by atoms with Crippen molar-refractivity contribution >= 4 is 23.6 Å². The van der Waals surface area contributed by atoms with Crippen molar-refractivity contribution in [3.05, 3.63) is 29.3 Å². The van der Waals surface area contributed by atoms with Crippen LogP contribution in [0.3, 0.4) is 0 Å². The predicted octanol–water partition coefficient (Wildman–Crippen LogP) is 6.39. The lowest BCUT2D eigenvalue weighted by molar-refractivity contribution is 0.270. The fraction of sp³-hybridized carbons (Fsp3) is 0.632. The summed E-state index contributed by atoms with van der Waals surface area (Å²) in [6, 6.07) is 6.26. The molecule has 0 aliphatic rings. The van der Waals surface area contributed by atoms with Crippen molar-refractivity contribution in [1.82, 2.24) is 0 Å². The summed E-state index contributed by atoms with van der Waals surface area (Å²) in [5, 5.41) is 2.60. The maximum Gasteiger partial charge on any atom is 0.280 e. The van der Waals surface area contributed by atoms with Gasteiger partial charge in [0.25, 0.3) is 5.24 Å². The van der Waals surface area contributed by atoms with Gasteiger partial charge in [0.05, 0.1) is 0 Å². The average molecular weight is 322 g/mol. The number of anilines is 1. The zero-order valence-electron chi connectivity index (χ0n) is 14.2. The molecule has 0 unspecified atom stereocenters. The van der Waals surface area contributed by atoms with Crippen molar-refractivity contribution in [2.45, 2.75) is 78.1 Å². The lowest BCUT2D eigenvalue weighted by atomic mass is 9.95. The molecule has 0 radical (unpaired) electrons. The Morgan fingerprint density at radius 3 is 2.18 bits per heavy atom. The Kier molecular flexibility index (Phi) is 10.1. The van der Waals surface area contributed by atoms with E-state index in [-0.39, 0.29) is 5.24 Å². The quantitative estimate of drug-likeness (QED) is 0.358. The molecule has 0 aliphatic heterocycles. The summed E-state index contributed by atoms with van der Waals surface area (Å²) >= 11 is 3.86. The molecule has 1 rings (SSSR count). The summed E-state index contributed by atoms with van der Waals surface area (Å²) < 4.78 is 0. The van der Waals surface area contributed by atoms with Crippen molar-refractivity contribution in [1.29, 1.82) is 0 Å². The Balaban J connectivity index is 2.75. The van der Waals surface area contributed by atoms with Crippen LogP contribution in [0.25, 0.3) is 0 Å². The number of carbonyl (C=O) groups is 1. The van der Waals surface area contributed by atoms with E-state index in [0.717, 1.165) is 18.5 Å². The lowest BCUT2D eigenvalue weighted by Crippen LogP contribution is -2.07. The first-order chi connectivity index (χ1) is 10.7. The van der Waals surface area contributed by atoms with E-state index in [4.69, 9.17) is 0 Å². The number of aryl methyl sites for hydroxylation is 1. The van der Waals surface area contributed by atoms with Crippen LogP contribution in [-0.2, 0) is 12.8 Å². The third-order valence-corrected chi connectivity index (χ3v) is 4.21. The topological polar surface area (TPSA) is 29.1 Å². The van der Waals surface area contributed by atoms with Gasteiger partial charge in [-0.3, -0.25) is 4.79 Å². The molecule has 0 heterocycles. The van der Waals surface area contributed by atoms with Crippen molar-refractivity contribution in [3.8, 4) is 0 Å². The third kappa shape index (κ3) is 7.35. The number of hydrogen-bond acceptors (Lipinski definition) is 1. The second-order valence-electron chi connectivity index (χ2n) is 5.99. The van der Waals surface area contributed by atoms with Crippen molar-refractivity contribution in [3.63, 3.8) is 0 Å². The predicted molar refractivity (Wildman–Crippen MR) is 100 cm³/mol. The Hall–Kier alpha value is -0.960. The van der Waals surface area contributed by atoms with E-state index in [1.54, 1.807) is 0 Å². The fourth-order valence-corrected chi connectivity index (χ4v) is 2.99. The van der Waals surface area contributed by atoms with E-state index in [1.165, 1.54) is 62.5 Å². The van der Waals surface area contributed by atoms with Gasteiger partial charge in [-0.2, -0.15) is 0 Å². The Bertz CT molecular complexity index is 445. The van der Waals surface area contributed by atoms with Crippen molar-refractivity contribution in [2.75, 3.05) is 5.32 Å². The molecule has 1 amide bonds. The highest BCUT2D eigenvalue weighted by molar-refractivity contribution is 7.96. The summed E-state index contributed by atoms with van der Waals surface area (Å²) in [4.78, 5) is 11.3. The summed E-state index contributed by atoms with van der Waals surface area (Å²) in [6.45, 7) is 4.47. The molecular weight excluding hydrogens is 290 g/mol. The molecule has 1 aromatic carbocycles. The Labute approximate surface area is 141 Å². The van der Waals surface area contributed by atoms with Gasteiger partial charge in [0.15, 0.2) is 0 Å². The molecule has 0 aliphatic carbocycles. The number of amides is 1. The summed E-state index contributed by atoms with van der Waals surface area (Å²) in [5.74, 6) is 0. The second-order valence-corrected chi connectivity index (χ2v) is 6.40. The number of rotatable bonds is 11. The van der Waals surface area contributed by atoms with Gasteiger partial charge < -0.3 is 5.32 Å². The molecule has 0 saturated carbocycles. The molecule has 0 bridgehead atoms. The van der Waals surface area contributed by atoms with Gasteiger partial charge in [-0.25, -0.2) is 0 Å². The van der Waals surface area contributed by atoms with E-state index in [0.29, 0.717) is 0 Å². The minimum atomic E-state index is -0.280. The minimum Gasteiger partial charge on any atom is -0.317 e. The largest absolute Gasteiger partial charge is 0.317 e. The zero-order valence-corrected chi connectivity index (χ0v) is 15.1. The number of nitrogens with one attached hydrogen (secondary N) is 1. The molecule has 0 atom stereocenters. The lowest BCUT2D eigenvalue weighted by Gasteiger charge is -2.15. The molecular formula is C19H31NOS. The number of benzene rings is 1. The molecule has 0 fully saturated rings. The maximum absolute atomic E-state index is 11.3. The van der Waals surface area contributed by atoms with E-state index in [1.807, 2.05) is 12.1 Å². The van der Waals surface area contributed by atoms with Gasteiger partial charge in [0.1, 0.15) is 0 Å². The first kappa shape index (κ1) is 19.1. The number of carbonyl (C=O) groups excluding carboxylic acids is 1. The molecule has 1 N–H and O–H groups in total. The Morgan fingerprint density at radius 2 is 1.59 bits per heavy atom. The van der Waals surface area contributed by atoms with E-state index < -0.39 is 0 Å². The summed E-state index contributed by atoms with van der Waals surface area (Å²) in [5.41, 5.74) is 3.66. The van der Waals surface area contributed by atoms with Gasteiger partial charge in [-0.05, 0) is 42.9 Å². The van der Waals surface area contributed by atoms with Crippen LogP contribution in [0.5, 0.6) is 0 Å². The number of thiol groups is 1. The molecule has 0 spiro atoms. The minimum absolute atomic E-state index is 0.280. The number of hydrogen-bond donors (Lipinski definition) is 2. The summed E-state index contributed by atoms with van der Waals surface area (Å²) in [7, 11) is 0. The van der Waals surface area contributed by atoms with Gasteiger partial charge in [-0.1, -0.05) is 77.1 Å². The van der Waals surface area contributed by atoms with E-state index in [9.17, 15) is 4.79 Å². The van der Waals surface area contributed by atoms with Crippen LogP contribution in [0, 0.1) is 0 Å². The average Bonchev–Trinajstić information content (AvgIpc) is 2.49. The normalized spacial score (nSPS) is 10.7. The first-order valence-corrected chi connectivity index (χ1v) is 9.24. The van der Waals surface area contributed by atoms with Crippen molar-refractivity contribution < 1.29 is 4.79 Å². The van der Waals surface area contributed by atoms with E-state index in [2.05, 4.69) is 37.9 Å². The Morgan fingerprint density at radius 1 is 0.955 bits per heavy atom. The highest BCUT2D eigenvalue weighted by atomic mass is 32.1. The van der Waals surface area contributed by atoms with E-state index >= 15 is 0 Å². The maximum atomic E-state index is 11.3. The smallest absolute Gasteiger partial charge is 0.280 e. The van der Waals surface area contributed by atoms with Gasteiger partial charge in [0.2, 0.25) is 0 Å². The molecule has 2 nitrogen and oxygen atoms in total. The van der Waals surface area contributed by atoms with Gasteiger partial charge in [-0.15, -0.1) is 0 Å². The monoisotopic (exact) mass is 321 g/mol. The van der Waals surface area contributed by atoms with Crippen LogP contribution in [0.1, 0.15) is 76.3 Å². The SMILES string of the molecule is CCCCCCc1cccc(NC(=O)S)c1CCCCCC. The molecule has 1 aromatic rings. The van der Waals surface area contributed by atoms with Crippen LogP contribution < -0.4 is 5.32 Å². The standard InChI is InChI=1S/C19H31NOS/c1-3-5-7-9-12-16-13-11-15-18(20-19(21)22)17(16)14-10-8-6-4-2/h11,13,15H,3-10,12,14H2,1-2H3,(H2,20,21,22). The van der Waals surface area contributed by atoms with Crippen LogP contribution in [0.4, 0.5) is 10.5 Å². The van der Waals surface area contributed by atoms with Gasteiger partial charge >= 0.3 is 0 Å². The molecule has 22 heavy (non-hydrogen) atoms. The highest BCUT2D eigenvalue weighted by Crippen LogP contribution is 2.25. The summed E-state index contributed by atoms with van der Waals surface area (Å²) in [6.07, 6.45) is 12.2. The molecule has 0 aromatic heterocycles. The van der Waals surface area contributed by atoms with Crippen molar-refractivity contribution in [2.24, 2.45) is 0 Å². The van der Waals surface area contributed by atoms with Crippen LogP contribution in [-0.4, -0.2) is 5.24 Å². The molecule has 3 heteroatoms. The fourth-order valence-electron chi connectivity index (χ4n) is 2.87. The first-order valence-electron chi connectivity index (χ1n) is 8.79. The van der Waals surface area contributed by atoms with Gasteiger partial charge in [0, 0.05) is 5.69 Å². The highest BCUT2D eigenvalue weighted by Gasteiger charge is 2.09. The number of unbranched alkanes of at least 4 members (excludes halogenated alkanes) is 6.